The number of hydrogen-bond acceptors (Lipinski definition) is 8. The number of rotatable bonds is 5. The van der Waals surface area contributed by atoms with Gasteiger partial charge in [-0.3, -0.25) is 0 Å². The molecule has 25 heavy (non-hydrogen) atoms. The molecule has 0 aliphatic rings. The van der Waals surface area contributed by atoms with Gasteiger partial charge in [-0.2, -0.15) is 10.2 Å². The highest BCUT2D eigenvalue weighted by molar-refractivity contribution is 7.98. The molecule has 0 bridgehead atoms. The van der Waals surface area contributed by atoms with E-state index in [1.165, 1.54) is 11.8 Å². The van der Waals surface area contributed by atoms with Gasteiger partial charge in [-0.25, -0.2) is 9.97 Å². The average molecular weight is 353 g/mol. The zero-order valence-electron chi connectivity index (χ0n) is 14.0. The second kappa shape index (κ2) is 7.32. The summed E-state index contributed by atoms with van der Waals surface area (Å²) in [4.78, 5) is 12.9. The van der Waals surface area contributed by atoms with Crippen LogP contribution in [0.3, 0.4) is 0 Å². The molecule has 8 heteroatoms. The minimum absolute atomic E-state index is 0.424. The van der Waals surface area contributed by atoms with Crippen molar-refractivity contribution >= 4 is 11.8 Å². The van der Waals surface area contributed by atoms with E-state index in [9.17, 15) is 5.26 Å². The van der Waals surface area contributed by atoms with Gasteiger partial charge in [-0.15, -0.1) is 0 Å². The molecule has 0 radical (unpaired) electrons. The maximum atomic E-state index is 9.28. The van der Waals surface area contributed by atoms with Gasteiger partial charge in [0.15, 0.2) is 0 Å². The minimum atomic E-state index is 0.424. The zero-order valence-corrected chi connectivity index (χ0v) is 14.8. The van der Waals surface area contributed by atoms with Crippen LogP contribution < -0.4 is 4.74 Å². The maximum absolute atomic E-state index is 9.28. The fourth-order valence-electron chi connectivity index (χ4n) is 2.22. The zero-order chi connectivity index (χ0) is 17.8. The second-order valence-electron chi connectivity index (χ2n) is 5.18. The van der Waals surface area contributed by atoms with Crippen LogP contribution in [0.4, 0.5) is 0 Å². The first-order chi connectivity index (χ1) is 12.1. The van der Waals surface area contributed by atoms with E-state index in [1.807, 2.05) is 24.3 Å². The summed E-state index contributed by atoms with van der Waals surface area (Å²) < 4.78 is 10.4. The van der Waals surface area contributed by atoms with Gasteiger partial charge in [0, 0.05) is 5.56 Å². The normalized spacial score (nSPS) is 10.5. The van der Waals surface area contributed by atoms with Gasteiger partial charge in [0.1, 0.15) is 28.2 Å². The van der Waals surface area contributed by atoms with Crippen LogP contribution in [-0.4, -0.2) is 27.2 Å². The van der Waals surface area contributed by atoms with Crippen LogP contribution in [0.1, 0.15) is 23.0 Å². The number of nitriles is 1. The highest BCUT2D eigenvalue weighted by Gasteiger charge is 2.14. The van der Waals surface area contributed by atoms with Crippen molar-refractivity contribution in [1.29, 1.82) is 5.26 Å². The van der Waals surface area contributed by atoms with Crippen LogP contribution >= 0.6 is 11.8 Å². The fraction of sp³-hybridized carbons (Fsp3) is 0.235. The molecule has 2 aromatic heterocycles. The SMILES string of the molecule is COc1ccc(-c2noc(CSc3nc(C)nc(C)c3C#N)n2)cc1. The summed E-state index contributed by atoms with van der Waals surface area (Å²) in [5, 5.41) is 13.9. The molecule has 0 saturated heterocycles. The lowest BCUT2D eigenvalue weighted by atomic mass is 10.2. The molecule has 0 atom stereocenters. The summed E-state index contributed by atoms with van der Waals surface area (Å²) in [6.07, 6.45) is 0. The molecule has 0 saturated carbocycles. The van der Waals surface area contributed by atoms with E-state index < -0.39 is 0 Å². The van der Waals surface area contributed by atoms with Crippen molar-refractivity contribution < 1.29 is 9.26 Å². The monoisotopic (exact) mass is 353 g/mol. The summed E-state index contributed by atoms with van der Waals surface area (Å²) >= 11 is 1.38. The summed E-state index contributed by atoms with van der Waals surface area (Å²) in [7, 11) is 1.62. The third-order valence-electron chi connectivity index (χ3n) is 3.43. The van der Waals surface area contributed by atoms with Crippen LogP contribution in [0, 0.1) is 25.2 Å². The molecule has 7 nitrogen and oxygen atoms in total. The first-order valence-corrected chi connectivity index (χ1v) is 8.44. The van der Waals surface area contributed by atoms with Gasteiger partial charge < -0.3 is 9.26 Å². The largest absolute Gasteiger partial charge is 0.497 e. The molecule has 3 rings (SSSR count). The van der Waals surface area contributed by atoms with Gasteiger partial charge >= 0.3 is 0 Å². The van der Waals surface area contributed by atoms with Crippen LogP contribution in [0.2, 0.25) is 0 Å². The first kappa shape index (κ1) is 16.9. The van der Waals surface area contributed by atoms with Gasteiger partial charge in [0.05, 0.1) is 18.6 Å². The van der Waals surface area contributed by atoms with Crippen molar-refractivity contribution in [1.82, 2.24) is 20.1 Å². The number of methoxy groups -OCH3 is 1. The molecular weight excluding hydrogens is 338 g/mol. The van der Waals surface area contributed by atoms with Gasteiger partial charge in [0.2, 0.25) is 11.7 Å². The molecule has 0 spiro atoms. The third-order valence-corrected chi connectivity index (χ3v) is 4.39. The second-order valence-corrected chi connectivity index (χ2v) is 6.14. The number of benzene rings is 1. The third kappa shape index (κ3) is 3.78. The smallest absolute Gasteiger partial charge is 0.237 e. The molecule has 0 N–H and O–H groups in total. The van der Waals surface area contributed by atoms with E-state index >= 15 is 0 Å². The van der Waals surface area contributed by atoms with Crippen LogP contribution in [-0.2, 0) is 5.75 Å². The van der Waals surface area contributed by atoms with Crippen molar-refractivity contribution in [3.63, 3.8) is 0 Å². The van der Waals surface area contributed by atoms with Crippen LogP contribution in [0.25, 0.3) is 11.4 Å². The standard InChI is InChI=1S/C17H15N5O2S/c1-10-14(8-18)17(20-11(2)19-10)25-9-15-21-16(22-24-15)12-4-6-13(23-3)7-5-12/h4-7H,9H2,1-3H3. The van der Waals surface area contributed by atoms with E-state index in [0.29, 0.717) is 39.6 Å². The summed E-state index contributed by atoms with van der Waals surface area (Å²) in [5.41, 5.74) is 1.99. The minimum Gasteiger partial charge on any atom is -0.497 e. The topological polar surface area (TPSA) is 97.7 Å². The molecule has 126 valence electrons. The number of nitrogens with zero attached hydrogens (tertiary/aromatic N) is 5. The molecule has 0 fully saturated rings. The predicted octanol–water partition coefficient (Wildman–Crippen LogP) is 3.32. The summed E-state index contributed by atoms with van der Waals surface area (Å²) in [6.45, 7) is 3.60. The molecule has 1 aromatic carbocycles. The van der Waals surface area contributed by atoms with E-state index in [-0.39, 0.29) is 0 Å². The molecule has 3 aromatic rings. The quantitative estimate of drug-likeness (QED) is 0.509. The highest BCUT2D eigenvalue weighted by atomic mass is 32.2. The van der Waals surface area contributed by atoms with Crippen LogP contribution in [0.15, 0.2) is 33.8 Å². The van der Waals surface area contributed by atoms with Crippen molar-refractivity contribution in [2.24, 2.45) is 0 Å². The fourth-order valence-corrected chi connectivity index (χ4v) is 3.13. The Hall–Kier alpha value is -2.92. The van der Waals surface area contributed by atoms with Gasteiger partial charge in [-0.05, 0) is 38.1 Å². The Morgan fingerprint density at radius 1 is 1.16 bits per heavy atom. The highest BCUT2D eigenvalue weighted by Crippen LogP contribution is 2.26. The van der Waals surface area contributed by atoms with E-state index in [1.54, 1.807) is 21.0 Å². The maximum Gasteiger partial charge on any atom is 0.237 e. The van der Waals surface area contributed by atoms with E-state index in [0.717, 1.165) is 11.3 Å². The number of aromatic nitrogens is 4. The Kier molecular flexibility index (Phi) is 4.95. The average Bonchev–Trinajstić information content (AvgIpc) is 3.08. The summed E-state index contributed by atoms with van der Waals surface area (Å²) in [5.74, 6) is 2.79. The molecular formula is C17H15N5O2S. The lowest BCUT2D eigenvalue weighted by Gasteiger charge is -2.04. The Morgan fingerprint density at radius 3 is 2.60 bits per heavy atom. The molecule has 0 aliphatic carbocycles. The lowest BCUT2D eigenvalue weighted by molar-refractivity contribution is 0.391. The Morgan fingerprint density at radius 2 is 1.92 bits per heavy atom. The number of ether oxygens (including phenoxy) is 1. The molecule has 0 unspecified atom stereocenters. The molecule has 0 aliphatic heterocycles. The number of hydrogen-bond donors (Lipinski definition) is 0. The Balaban J connectivity index is 1.75. The Labute approximate surface area is 149 Å². The van der Waals surface area contributed by atoms with Gasteiger partial charge in [0.25, 0.3) is 0 Å². The number of aryl methyl sites for hydroxylation is 2. The number of thioether (sulfide) groups is 1. The Bertz CT molecular complexity index is 931. The van der Waals surface area contributed by atoms with Crippen LogP contribution in [0.5, 0.6) is 5.75 Å². The van der Waals surface area contributed by atoms with Crippen molar-refractivity contribution in [2.45, 2.75) is 24.6 Å². The van der Waals surface area contributed by atoms with Crippen molar-refractivity contribution in [3.8, 4) is 23.2 Å². The summed E-state index contributed by atoms with van der Waals surface area (Å²) in [6, 6.07) is 9.56. The van der Waals surface area contributed by atoms with E-state index in [4.69, 9.17) is 9.26 Å². The molecule has 2 heterocycles. The van der Waals surface area contributed by atoms with Crippen molar-refractivity contribution in [2.75, 3.05) is 7.11 Å². The van der Waals surface area contributed by atoms with Crippen molar-refractivity contribution in [3.05, 3.63) is 47.2 Å². The lowest BCUT2D eigenvalue weighted by Crippen LogP contribution is -1.99. The van der Waals surface area contributed by atoms with Gasteiger partial charge in [-0.1, -0.05) is 16.9 Å². The molecule has 0 amide bonds. The predicted molar refractivity (Wildman–Crippen MR) is 92.1 cm³/mol. The van der Waals surface area contributed by atoms with E-state index in [2.05, 4.69) is 26.2 Å². The first-order valence-electron chi connectivity index (χ1n) is 7.46.